The second-order valence-electron chi connectivity index (χ2n) is 3.28. The molecule has 96 valence electrons. The highest BCUT2D eigenvalue weighted by Crippen LogP contribution is 2.32. The molecule has 0 atom stereocenters. The van der Waals surface area contributed by atoms with E-state index in [1.54, 1.807) is 0 Å². The average molecular weight is 264 g/mol. The van der Waals surface area contributed by atoms with Gasteiger partial charge in [-0.2, -0.15) is 0 Å². The number of benzene rings is 1. The maximum Gasteiger partial charge on any atom is 0.200 e. The van der Waals surface area contributed by atoms with Gasteiger partial charge < -0.3 is 10.2 Å². The fraction of sp³-hybridized carbons (Fsp3) is 0.100. The van der Waals surface area contributed by atoms with Crippen LogP contribution in [0.4, 0.5) is 22.0 Å². The van der Waals surface area contributed by atoms with Gasteiger partial charge in [-0.25, -0.2) is 26.9 Å². The van der Waals surface area contributed by atoms with Gasteiger partial charge in [0, 0.05) is 6.54 Å². The highest BCUT2D eigenvalue weighted by Gasteiger charge is 2.29. The summed E-state index contributed by atoms with van der Waals surface area (Å²) in [6.45, 7) is -0.272. The first-order chi connectivity index (χ1) is 8.49. The van der Waals surface area contributed by atoms with Crippen molar-refractivity contribution in [3.8, 4) is 11.3 Å². The molecule has 0 fully saturated rings. The van der Waals surface area contributed by atoms with E-state index < -0.39 is 40.4 Å². The number of aromatic nitrogens is 1. The van der Waals surface area contributed by atoms with Crippen LogP contribution in [0.2, 0.25) is 0 Å². The van der Waals surface area contributed by atoms with Crippen molar-refractivity contribution in [1.29, 1.82) is 0 Å². The molecule has 0 saturated carbocycles. The fourth-order valence-electron chi connectivity index (χ4n) is 1.42. The topological polar surface area (TPSA) is 52.0 Å². The minimum atomic E-state index is -2.23. The van der Waals surface area contributed by atoms with Gasteiger partial charge in [-0.1, -0.05) is 0 Å². The Morgan fingerprint density at radius 2 is 1.44 bits per heavy atom. The number of nitrogens with zero attached hydrogens (tertiary/aromatic N) is 1. The predicted molar refractivity (Wildman–Crippen MR) is 49.6 cm³/mol. The van der Waals surface area contributed by atoms with Gasteiger partial charge in [0.2, 0.25) is 5.82 Å². The van der Waals surface area contributed by atoms with Crippen LogP contribution in [0.1, 0.15) is 5.69 Å². The molecule has 0 aliphatic carbocycles. The van der Waals surface area contributed by atoms with Crippen molar-refractivity contribution in [2.75, 3.05) is 0 Å². The van der Waals surface area contributed by atoms with E-state index in [4.69, 9.17) is 5.73 Å². The van der Waals surface area contributed by atoms with Crippen molar-refractivity contribution in [2.45, 2.75) is 6.54 Å². The molecule has 2 N–H and O–H groups in total. The smallest absolute Gasteiger partial charge is 0.200 e. The van der Waals surface area contributed by atoms with Crippen LogP contribution in [0.3, 0.4) is 0 Å². The summed E-state index contributed by atoms with van der Waals surface area (Å²) in [5.74, 6) is -10.9. The van der Waals surface area contributed by atoms with Crippen LogP contribution < -0.4 is 5.73 Å². The van der Waals surface area contributed by atoms with Crippen molar-refractivity contribution in [2.24, 2.45) is 5.73 Å². The van der Waals surface area contributed by atoms with E-state index in [-0.39, 0.29) is 12.2 Å². The van der Waals surface area contributed by atoms with Gasteiger partial charge in [0.15, 0.2) is 35.4 Å². The van der Waals surface area contributed by atoms with Crippen molar-refractivity contribution >= 4 is 0 Å². The molecule has 8 heteroatoms. The third kappa shape index (κ3) is 1.65. The zero-order chi connectivity index (χ0) is 13.4. The minimum absolute atomic E-state index is 0.113. The molecule has 0 amide bonds. The van der Waals surface area contributed by atoms with Crippen LogP contribution in [0.15, 0.2) is 10.8 Å². The third-order valence-corrected chi connectivity index (χ3v) is 2.27. The zero-order valence-electron chi connectivity index (χ0n) is 8.61. The van der Waals surface area contributed by atoms with Gasteiger partial charge in [0.05, 0.1) is 5.56 Å². The SMILES string of the molecule is NCc1ncoc1-c1c(F)c(F)c(F)c(F)c1F. The molecule has 0 aliphatic rings. The Morgan fingerprint density at radius 3 is 1.94 bits per heavy atom. The summed E-state index contributed by atoms with van der Waals surface area (Å²) in [6, 6.07) is 0. The molecule has 0 aliphatic heterocycles. The highest BCUT2D eigenvalue weighted by molar-refractivity contribution is 5.61. The molecule has 0 unspecified atom stereocenters. The van der Waals surface area contributed by atoms with Crippen molar-refractivity contribution in [3.05, 3.63) is 41.2 Å². The Hall–Kier alpha value is -1.96. The van der Waals surface area contributed by atoms with Gasteiger partial charge in [-0.15, -0.1) is 0 Å². The number of nitrogens with two attached hydrogens (primary N) is 1. The zero-order valence-corrected chi connectivity index (χ0v) is 8.61. The Kier molecular flexibility index (Phi) is 3.04. The first-order valence-corrected chi connectivity index (χ1v) is 4.63. The lowest BCUT2D eigenvalue weighted by Crippen LogP contribution is -2.06. The van der Waals surface area contributed by atoms with Crippen LogP contribution in [-0.2, 0) is 6.54 Å². The van der Waals surface area contributed by atoms with Gasteiger partial charge in [0.25, 0.3) is 0 Å². The summed E-state index contributed by atoms with van der Waals surface area (Å²) < 4.78 is 70.3. The maximum atomic E-state index is 13.4. The number of oxazole rings is 1. The van der Waals surface area contributed by atoms with Crippen molar-refractivity contribution in [1.82, 2.24) is 4.98 Å². The lowest BCUT2D eigenvalue weighted by Gasteiger charge is -2.06. The summed E-state index contributed by atoms with van der Waals surface area (Å²) in [4.78, 5) is 3.51. The minimum Gasteiger partial charge on any atom is -0.443 e. The van der Waals surface area contributed by atoms with Gasteiger partial charge in [-0.3, -0.25) is 0 Å². The van der Waals surface area contributed by atoms with Crippen LogP contribution in [0, 0.1) is 29.1 Å². The molecular formula is C10H5F5N2O. The van der Waals surface area contributed by atoms with Gasteiger partial charge >= 0.3 is 0 Å². The molecule has 0 bridgehead atoms. The van der Waals surface area contributed by atoms with E-state index in [0.29, 0.717) is 0 Å². The molecule has 0 saturated heterocycles. The number of hydrogen-bond donors (Lipinski definition) is 1. The predicted octanol–water partition coefficient (Wildman–Crippen LogP) is 2.50. The molecule has 1 aromatic heterocycles. The quantitative estimate of drug-likeness (QED) is 0.515. The van der Waals surface area contributed by atoms with E-state index in [1.165, 1.54) is 0 Å². The number of hydrogen-bond acceptors (Lipinski definition) is 3. The molecule has 1 aromatic carbocycles. The average Bonchev–Trinajstić information content (AvgIpc) is 2.82. The van der Waals surface area contributed by atoms with Crippen molar-refractivity contribution < 1.29 is 26.4 Å². The lowest BCUT2D eigenvalue weighted by molar-refractivity contribution is 0.378. The van der Waals surface area contributed by atoms with Gasteiger partial charge in [-0.05, 0) is 0 Å². The Labute approximate surface area is 97.0 Å². The Balaban J connectivity index is 2.80. The largest absolute Gasteiger partial charge is 0.443 e. The Morgan fingerprint density at radius 1 is 0.944 bits per heavy atom. The van der Waals surface area contributed by atoms with Crippen LogP contribution in [-0.4, -0.2) is 4.98 Å². The summed E-state index contributed by atoms with van der Waals surface area (Å²) >= 11 is 0. The molecular weight excluding hydrogens is 259 g/mol. The monoisotopic (exact) mass is 264 g/mol. The molecule has 18 heavy (non-hydrogen) atoms. The van der Waals surface area contributed by atoms with Crippen LogP contribution in [0.25, 0.3) is 11.3 Å². The summed E-state index contributed by atoms with van der Waals surface area (Å²) in [6.07, 6.45) is 0.801. The lowest BCUT2D eigenvalue weighted by atomic mass is 10.1. The summed E-state index contributed by atoms with van der Waals surface area (Å²) in [7, 11) is 0. The second-order valence-corrected chi connectivity index (χ2v) is 3.28. The van der Waals surface area contributed by atoms with E-state index >= 15 is 0 Å². The Bertz CT molecular complexity index is 582. The molecule has 2 aromatic rings. The molecule has 1 heterocycles. The number of rotatable bonds is 2. The van der Waals surface area contributed by atoms with Crippen LogP contribution >= 0.6 is 0 Å². The fourth-order valence-corrected chi connectivity index (χ4v) is 1.42. The van der Waals surface area contributed by atoms with Gasteiger partial charge in [0.1, 0.15) is 5.69 Å². The first-order valence-electron chi connectivity index (χ1n) is 4.63. The second kappa shape index (κ2) is 4.37. The standard InChI is InChI=1S/C10H5F5N2O/c11-5-4(10-3(1-16)17-2-18-10)6(12)8(14)9(15)7(5)13/h2H,1,16H2. The highest BCUT2D eigenvalue weighted by atomic mass is 19.2. The maximum absolute atomic E-state index is 13.4. The third-order valence-electron chi connectivity index (χ3n) is 2.27. The molecule has 2 rings (SSSR count). The summed E-state index contributed by atoms with van der Waals surface area (Å²) in [5, 5.41) is 0. The summed E-state index contributed by atoms with van der Waals surface area (Å²) in [5.41, 5.74) is 3.92. The van der Waals surface area contributed by atoms with E-state index in [0.717, 1.165) is 6.39 Å². The normalized spacial score (nSPS) is 11.0. The van der Waals surface area contributed by atoms with E-state index in [2.05, 4.69) is 9.40 Å². The van der Waals surface area contributed by atoms with E-state index in [9.17, 15) is 22.0 Å². The number of halogens is 5. The van der Waals surface area contributed by atoms with Crippen molar-refractivity contribution in [3.63, 3.8) is 0 Å². The molecule has 3 nitrogen and oxygen atoms in total. The first kappa shape index (κ1) is 12.5. The molecule has 0 spiro atoms. The van der Waals surface area contributed by atoms with E-state index in [1.807, 2.05) is 0 Å². The molecule has 0 radical (unpaired) electrons. The van der Waals surface area contributed by atoms with Crippen LogP contribution in [0.5, 0.6) is 0 Å².